The van der Waals surface area contributed by atoms with E-state index in [1.165, 1.54) is 10.8 Å². The van der Waals surface area contributed by atoms with Gasteiger partial charge in [-0.05, 0) is 12.1 Å². The summed E-state index contributed by atoms with van der Waals surface area (Å²) < 4.78 is 1.48. The molecule has 0 spiro atoms. The van der Waals surface area contributed by atoms with Gasteiger partial charge in [-0.15, -0.1) is 26.9 Å². The molecule has 1 amide bonds. The van der Waals surface area contributed by atoms with Crippen molar-refractivity contribution in [3.63, 3.8) is 0 Å². The predicted molar refractivity (Wildman–Crippen MR) is 53.3 cm³/mol. The van der Waals surface area contributed by atoms with E-state index >= 15 is 0 Å². The maximum atomic E-state index is 10.8. The number of anilines is 1. The van der Waals surface area contributed by atoms with Crippen LogP contribution in [0.3, 0.4) is 0 Å². The minimum Gasteiger partial charge on any atom is -0.280 e. The summed E-state index contributed by atoms with van der Waals surface area (Å²) in [7, 11) is 0. The molecule has 78 valence electrons. The van der Waals surface area contributed by atoms with Crippen LogP contribution in [0.5, 0.6) is 0 Å². The normalized spacial score (nSPS) is 10.2. The molecule has 2 aromatic heterocycles. The number of aromatic nitrogens is 4. The molecule has 0 aliphatic heterocycles. The van der Waals surface area contributed by atoms with E-state index in [-0.39, 0.29) is 11.8 Å². The molecule has 0 atom stereocenters. The Hall–Kier alpha value is -1.89. The van der Waals surface area contributed by atoms with Crippen LogP contribution in [0.25, 0.3) is 5.65 Å². The Morgan fingerprint density at radius 2 is 2.40 bits per heavy atom. The summed E-state index contributed by atoms with van der Waals surface area (Å²) in [4.78, 5) is 10.8. The molecular formula is C7H7ClN6O. The lowest BCUT2D eigenvalue weighted by molar-refractivity contribution is -0.118. The van der Waals surface area contributed by atoms with E-state index in [4.69, 9.17) is 11.6 Å². The van der Waals surface area contributed by atoms with Crippen LogP contribution in [0.1, 0.15) is 0 Å². The third-order valence-corrected chi connectivity index (χ3v) is 1.86. The minimum atomic E-state index is -0.331. The average molecular weight is 227 g/mol. The fraction of sp³-hybridized carbons (Fsp3) is 0.143. The predicted octanol–water partition coefficient (Wildman–Crippen LogP) is -0.194. The van der Waals surface area contributed by atoms with Gasteiger partial charge < -0.3 is 0 Å². The van der Waals surface area contributed by atoms with E-state index in [0.717, 1.165) is 0 Å². The second kappa shape index (κ2) is 4.09. The van der Waals surface area contributed by atoms with E-state index in [9.17, 15) is 4.79 Å². The molecule has 0 aromatic carbocycles. The number of hydrogen-bond donors (Lipinski definition) is 2. The smallest absolute Gasteiger partial charge is 0.253 e. The van der Waals surface area contributed by atoms with Crippen molar-refractivity contribution in [1.29, 1.82) is 0 Å². The average Bonchev–Trinajstić information content (AvgIpc) is 2.72. The summed E-state index contributed by atoms with van der Waals surface area (Å²) >= 11 is 5.30. The molecule has 0 saturated carbocycles. The number of amides is 1. The number of nitrogens with zero attached hydrogens (tertiary/aromatic N) is 4. The minimum absolute atomic E-state index is 0.109. The van der Waals surface area contributed by atoms with Gasteiger partial charge >= 0.3 is 0 Å². The molecule has 0 fully saturated rings. The number of carbonyl (C=O) groups excluding carboxylic acids is 1. The fourth-order valence-corrected chi connectivity index (χ4v) is 1.03. The van der Waals surface area contributed by atoms with Gasteiger partial charge in [-0.1, -0.05) is 0 Å². The molecule has 15 heavy (non-hydrogen) atoms. The van der Waals surface area contributed by atoms with E-state index in [1.807, 2.05) is 0 Å². The van der Waals surface area contributed by atoms with Crippen molar-refractivity contribution in [1.82, 2.24) is 25.2 Å². The Bertz CT molecular complexity index is 483. The van der Waals surface area contributed by atoms with Gasteiger partial charge in [0.15, 0.2) is 11.5 Å². The van der Waals surface area contributed by atoms with Crippen molar-refractivity contribution in [3.05, 3.63) is 18.5 Å². The number of hydrazine groups is 1. The maximum Gasteiger partial charge on any atom is 0.253 e. The molecule has 2 rings (SSSR count). The van der Waals surface area contributed by atoms with Crippen LogP contribution in [-0.2, 0) is 4.79 Å². The van der Waals surface area contributed by atoms with Gasteiger partial charge in [0.05, 0.1) is 0 Å². The van der Waals surface area contributed by atoms with Crippen LogP contribution in [0.4, 0.5) is 5.82 Å². The number of nitrogens with one attached hydrogen (secondary N) is 2. The van der Waals surface area contributed by atoms with Crippen molar-refractivity contribution in [2.24, 2.45) is 0 Å². The summed E-state index contributed by atoms with van der Waals surface area (Å²) in [5.41, 5.74) is 5.60. The largest absolute Gasteiger partial charge is 0.280 e. The maximum absolute atomic E-state index is 10.8. The summed E-state index contributed by atoms with van der Waals surface area (Å²) in [6, 6.07) is 3.38. The zero-order chi connectivity index (χ0) is 10.7. The Morgan fingerprint density at radius 1 is 1.53 bits per heavy atom. The molecule has 0 aliphatic rings. The highest BCUT2D eigenvalue weighted by molar-refractivity contribution is 6.27. The number of carbonyl (C=O) groups is 1. The zero-order valence-corrected chi connectivity index (χ0v) is 8.27. The number of fused-ring (bicyclic) bond motifs is 1. The standard InChI is InChI=1S/C7H7ClN6O/c8-3-7(15)12-10-5-1-2-6-11-9-4-14(6)13-5/h1-2,4H,3H2,(H,10,13)(H,12,15). The van der Waals surface area contributed by atoms with Crippen molar-refractivity contribution in [2.45, 2.75) is 0 Å². The molecule has 2 N–H and O–H groups in total. The van der Waals surface area contributed by atoms with Gasteiger partial charge in [0.25, 0.3) is 5.91 Å². The first-order valence-electron chi connectivity index (χ1n) is 4.07. The topological polar surface area (TPSA) is 84.2 Å². The Kier molecular flexibility index (Phi) is 2.64. The third kappa shape index (κ3) is 2.13. The van der Waals surface area contributed by atoms with Crippen LogP contribution < -0.4 is 10.9 Å². The second-order valence-electron chi connectivity index (χ2n) is 2.66. The first-order chi connectivity index (χ1) is 7.29. The van der Waals surface area contributed by atoms with E-state index in [1.54, 1.807) is 12.1 Å². The van der Waals surface area contributed by atoms with E-state index < -0.39 is 0 Å². The van der Waals surface area contributed by atoms with Gasteiger partial charge in [-0.2, -0.15) is 4.52 Å². The summed E-state index contributed by atoms with van der Waals surface area (Å²) in [5.74, 6) is 0.0325. The molecule has 0 aliphatic carbocycles. The highest BCUT2D eigenvalue weighted by atomic mass is 35.5. The van der Waals surface area contributed by atoms with Gasteiger partial charge in [0.2, 0.25) is 0 Å². The van der Waals surface area contributed by atoms with Crippen LogP contribution in [0, 0.1) is 0 Å². The number of alkyl halides is 1. The zero-order valence-electron chi connectivity index (χ0n) is 7.51. The highest BCUT2D eigenvalue weighted by Gasteiger charge is 2.00. The van der Waals surface area contributed by atoms with E-state index in [0.29, 0.717) is 11.5 Å². The van der Waals surface area contributed by atoms with Gasteiger partial charge in [0, 0.05) is 0 Å². The quantitative estimate of drug-likeness (QED) is 0.560. The van der Waals surface area contributed by atoms with E-state index in [2.05, 4.69) is 26.1 Å². The fourth-order valence-electron chi connectivity index (χ4n) is 0.962. The SMILES string of the molecule is O=C(CCl)NNc1ccc2nncn2n1. The second-order valence-corrected chi connectivity index (χ2v) is 2.93. The molecule has 0 radical (unpaired) electrons. The van der Waals surface area contributed by atoms with Gasteiger partial charge in [-0.25, -0.2) is 0 Å². The van der Waals surface area contributed by atoms with Gasteiger partial charge in [0.1, 0.15) is 12.2 Å². The monoisotopic (exact) mass is 226 g/mol. The van der Waals surface area contributed by atoms with Gasteiger partial charge in [-0.3, -0.25) is 15.6 Å². The Balaban J connectivity index is 2.11. The molecule has 0 unspecified atom stereocenters. The van der Waals surface area contributed by atoms with Crippen molar-refractivity contribution >= 4 is 29.0 Å². The summed E-state index contributed by atoms with van der Waals surface area (Å²) in [5, 5.41) is 11.5. The number of hydrogen-bond acceptors (Lipinski definition) is 5. The number of halogens is 1. The van der Waals surface area contributed by atoms with Crippen LogP contribution in [-0.4, -0.2) is 31.6 Å². The van der Waals surface area contributed by atoms with Crippen LogP contribution >= 0.6 is 11.6 Å². The highest BCUT2D eigenvalue weighted by Crippen LogP contribution is 2.02. The first kappa shape index (κ1) is 9.66. The van der Waals surface area contributed by atoms with Crippen molar-refractivity contribution < 1.29 is 4.79 Å². The number of rotatable bonds is 3. The molecule has 7 nitrogen and oxygen atoms in total. The lowest BCUT2D eigenvalue weighted by Crippen LogP contribution is -2.30. The summed E-state index contributed by atoms with van der Waals surface area (Å²) in [6.07, 6.45) is 1.46. The third-order valence-electron chi connectivity index (χ3n) is 1.61. The van der Waals surface area contributed by atoms with Crippen LogP contribution in [0.2, 0.25) is 0 Å². The van der Waals surface area contributed by atoms with Crippen molar-refractivity contribution in [2.75, 3.05) is 11.3 Å². The Morgan fingerprint density at radius 3 is 3.20 bits per heavy atom. The van der Waals surface area contributed by atoms with Crippen molar-refractivity contribution in [3.8, 4) is 0 Å². The first-order valence-corrected chi connectivity index (χ1v) is 4.61. The molecular weight excluding hydrogens is 220 g/mol. The molecule has 0 saturated heterocycles. The molecule has 8 heteroatoms. The lowest BCUT2D eigenvalue weighted by Gasteiger charge is -2.05. The summed E-state index contributed by atoms with van der Waals surface area (Å²) in [6.45, 7) is 0. The molecule has 0 bridgehead atoms. The molecule has 2 aromatic rings. The van der Waals surface area contributed by atoms with Crippen LogP contribution in [0.15, 0.2) is 18.5 Å². The Labute approximate surface area is 89.4 Å². The molecule has 2 heterocycles. The lowest BCUT2D eigenvalue weighted by atomic mass is 10.5.